The zero-order valence-electron chi connectivity index (χ0n) is 23.4. The van der Waals surface area contributed by atoms with Gasteiger partial charge in [0, 0.05) is 55.9 Å². The first-order valence-corrected chi connectivity index (χ1v) is 14.2. The van der Waals surface area contributed by atoms with Gasteiger partial charge in [0.05, 0.1) is 25.5 Å². The SMILES string of the molecule is C=CC(=O)N1CCN(CCCNc2cc3cc(c2)Nc2nccc(n2)-c2cccc(c2)OCC/C=C/COC3)CC1. The molecule has 1 aromatic heterocycles. The van der Waals surface area contributed by atoms with Crippen LogP contribution in [-0.4, -0.2) is 78.2 Å². The zero-order chi connectivity index (χ0) is 28.3. The second-order valence-electron chi connectivity index (χ2n) is 10.1. The number of anilines is 3. The molecule has 9 nitrogen and oxygen atoms in total. The summed E-state index contributed by atoms with van der Waals surface area (Å²) in [6, 6.07) is 16.2. The van der Waals surface area contributed by atoms with Gasteiger partial charge in [0.1, 0.15) is 5.75 Å². The highest BCUT2D eigenvalue weighted by Gasteiger charge is 2.18. The van der Waals surface area contributed by atoms with Gasteiger partial charge < -0.3 is 25.0 Å². The predicted molar refractivity (Wildman–Crippen MR) is 162 cm³/mol. The maximum Gasteiger partial charge on any atom is 0.246 e. The maximum atomic E-state index is 11.8. The second-order valence-corrected chi connectivity index (χ2v) is 10.1. The minimum absolute atomic E-state index is 0.0192. The number of fused-ring (bicyclic) bond motifs is 7. The number of carbonyl (C=O) groups is 1. The van der Waals surface area contributed by atoms with Gasteiger partial charge in [0.2, 0.25) is 11.9 Å². The van der Waals surface area contributed by atoms with E-state index in [0.29, 0.717) is 25.8 Å². The number of hydrogen-bond donors (Lipinski definition) is 2. The molecule has 41 heavy (non-hydrogen) atoms. The number of aromatic nitrogens is 2. The van der Waals surface area contributed by atoms with E-state index in [2.05, 4.69) is 51.4 Å². The molecule has 2 aromatic carbocycles. The van der Waals surface area contributed by atoms with Gasteiger partial charge in [-0.05, 0) is 67.4 Å². The Kier molecular flexibility index (Phi) is 9.97. The van der Waals surface area contributed by atoms with Crippen molar-refractivity contribution in [3.63, 3.8) is 0 Å². The molecule has 2 aliphatic heterocycles. The van der Waals surface area contributed by atoms with E-state index in [4.69, 9.17) is 14.5 Å². The molecule has 5 rings (SSSR count). The van der Waals surface area contributed by atoms with E-state index in [1.807, 2.05) is 41.3 Å². The molecular formula is C32H38N6O3. The summed E-state index contributed by atoms with van der Waals surface area (Å²) < 4.78 is 11.9. The molecule has 214 valence electrons. The molecule has 9 heteroatoms. The molecule has 0 saturated carbocycles. The first-order chi connectivity index (χ1) is 20.2. The molecule has 1 amide bonds. The number of benzene rings is 2. The Morgan fingerprint density at radius 3 is 2.88 bits per heavy atom. The number of nitrogens with one attached hydrogen (secondary N) is 2. The fraction of sp³-hybridized carbons (Fsp3) is 0.344. The molecule has 3 aromatic rings. The fourth-order valence-electron chi connectivity index (χ4n) is 4.94. The molecule has 3 heterocycles. The molecular weight excluding hydrogens is 516 g/mol. The minimum Gasteiger partial charge on any atom is -0.493 e. The standard InChI is InChI=1S/C32H38N6O3/c1-2-31(39)38-16-14-37(15-17-38)13-7-11-33-27-20-25-21-28(23-27)35-32-34-12-10-30(36-32)26-8-6-9-29(22-26)41-19-5-3-4-18-40-24-25/h2-4,6,8-10,12,20-23,33H,1,5,7,11,13-19,24H2,(H,34,35,36)/b4-3+. The lowest BCUT2D eigenvalue weighted by molar-refractivity contribution is -0.127. The molecule has 2 N–H and O–H groups in total. The Balaban J connectivity index is 1.25. The third kappa shape index (κ3) is 8.39. The smallest absolute Gasteiger partial charge is 0.246 e. The van der Waals surface area contributed by atoms with E-state index in [1.165, 1.54) is 6.08 Å². The van der Waals surface area contributed by atoms with Crippen LogP contribution in [0.2, 0.25) is 0 Å². The summed E-state index contributed by atoms with van der Waals surface area (Å²) in [5.41, 5.74) is 4.76. The average Bonchev–Trinajstić information content (AvgIpc) is 3.00. The molecule has 1 saturated heterocycles. The van der Waals surface area contributed by atoms with E-state index in [1.54, 1.807) is 6.20 Å². The maximum absolute atomic E-state index is 11.8. The van der Waals surface area contributed by atoms with Gasteiger partial charge >= 0.3 is 0 Å². The van der Waals surface area contributed by atoms with Gasteiger partial charge in [-0.1, -0.05) is 30.9 Å². The first kappa shape index (κ1) is 28.3. The summed E-state index contributed by atoms with van der Waals surface area (Å²) in [5.74, 6) is 1.36. The fourth-order valence-corrected chi connectivity index (χ4v) is 4.94. The van der Waals surface area contributed by atoms with E-state index >= 15 is 0 Å². The van der Waals surface area contributed by atoms with E-state index < -0.39 is 0 Å². The lowest BCUT2D eigenvalue weighted by Gasteiger charge is -2.34. The van der Waals surface area contributed by atoms with E-state index in [0.717, 1.165) is 86.1 Å². The van der Waals surface area contributed by atoms with Crippen LogP contribution in [0.25, 0.3) is 11.3 Å². The van der Waals surface area contributed by atoms with Gasteiger partial charge in [-0.15, -0.1) is 0 Å². The highest BCUT2D eigenvalue weighted by molar-refractivity contribution is 5.87. The van der Waals surface area contributed by atoms with Crippen LogP contribution >= 0.6 is 0 Å². The van der Waals surface area contributed by atoms with Crippen LogP contribution < -0.4 is 15.4 Å². The topological polar surface area (TPSA) is 91.9 Å². The number of rotatable bonds is 6. The van der Waals surface area contributed by atoms with Crippen molar-refractivity contribution in [2.45, 2.75) is 19.4 Å². The van der Waals surface area contributed by atoms with Crippen LogP contribution in [0.15, 0.2) is 79.5 Å². The largest absolute Gasteiger partial charge is 0.493 e. The Morgan fingerprint density at radius 2 is 2.00 bits per heavy atom. The normalized spacial score (nSPS) is 16.8. The molecule has 6 bridgehead atoms. The van der Waals surface area contributed by atoms with Crippen LogP contribution in [0.3, 0.4) is 0 Å². The van der Waals surface area contributed by atoms with Crippen LogP contribution in [0.1, 0.15) is 18.4 Å². The Morgan fingerprint density at radius 1 is 1.10 bits per heavy atom. The van der Waals surface area contributed by atoms with Crippen LogP contribution in [-0.2, 0) is 16.1 Å². The molecule has 0 atom stereocenters. The second kappa shape index (κ2) is 14.4. The van der Waals surface area contributed by atoms with Crippen molar-refractivity contribution in [2.75, 3.05) is 63.1 Å². The van der Waals surface area contributed by atoms with Gasteiger partial charge in [0.15, 0.2) is 0 Å². The Hall–Kier alpha value is -4.21. The summed E-state index contributed by atoms with van der Waals surface area (Å²) in [5, 5.41) is 6.97. The molecule has 0 aliphatic carbocycles. The number of ether oxygens (including phenoxy) is 2. The summed E-state index contributed by atoms with van der Waals surface area (Å²) in [6.45, 7) is 10.3. The number of hydrogen-bond acceptors (Lipinski definition) is 8. The molecule has 0 radical (unpaired) electrons. The average molecular weight is 555 g/mol. The molecule has 2 aliphatic rings. The third-order valence-corrected chi connectivity index (χ3v) is 7.08. The lowest BCUT2D eigenvalue weighted by Crippen LogP contribution is -2.48. The quantitative estimate of drug-likeness (QED) is 0.253. The molecule has 1 fully saturated rings. The number of carbonyl (C=O) groups excluding carboxylic acids is 1. The Bertz CT molecular complexity index is 1350. The van der Waals surface area contributed by atoms with Gasteiger partial charge in [0.25, 0.3) is 0 Å². The first-order valence-electron chi connectivity index (χ1n) is 14.2. The molecule has 0 spiro atoms. The van der Waals surface area contributed by atoms with Crippen LogP contribution in [0.5, 0.6) is 5.75 Å². The van der Waals surface area contributed by atoms with Crippen molar-refractivity contribution in [2.24, 2.45) is 0 Å². The summed E-state index contributed by atoms with van der Waals surface area (Å²) in [4.78, 5) is 25.3. The predicted octanol–water partition coefficient (Wildman–Crippen LogP) is 4.87. The highest BCUT2D eigenvalue weighted by Crippen LogP contribution is 2.26. The van der Waals surface area contributed by atoms with Gasteiger partial charge in [-0.2, -0.15) is 0 Å². The summed E-state index contributed by atoms with van der Waals surface area (Å²) in [7, 11) is 0. The van der Waals surface area contributed by atoms with Crippen molar-refractivity contribution in [1.29, 1.82) is 0 Å². The zero-order valence-corrected chi connectivity index (χ0v) is 23.4. The monoisotopic (exact) mass is 554 g/mol. The van der Waals surface area contributed by atoms with Crippen molar-refractivity contribution < 1.29 is 14.3 Å². The Labute approximate surface area is 241 Å². The van der Waals surface area contributed by atoms with Crippen LogP contribution in [0, 0.1) is 0 Å². The number of nitrogens with zero attached hydrogens (tertiary/aromatic N) is 4. The lowest BCUT2D eigenvalue weighted by atomic mass is 10.1. The number of amides is 1. The van der Waals surface area contributed by atoms with Crippen molar-refractivity contribution in [1.82, 2.24) is 19.8 Å². The summed E-state index contributed by atoms with van der Waals surface area (Å²) in [6.07, 6.45) is 9.09. The van der Waals surface area contributed by atoms with Crippen molar-refractivity contribution in [3.8, 4) is 17.0 Å². The highest BCUT2D eigenvalue weighted by atomic mass is 16.5. The molecule has 0 unspecified atom stereocenters. The van der Waals surface area contributed by atoms with Crippen molar-refractivity contribution in [3.05, 3.63) is 85.1 Å². The van der Waals surface area contributed by atoms with Gasteiger partial charge in [-0.3, -0.25) is 9.69 Å². The minimum atomic E-state index is 0.0192. The van der Waals surface area contributed by atoms with E-state index in [9.17, 15) is 4.79 Å². The summed E-state index contributed by atoms with van der Waals surface area (Å²) >= 11 is 0. The third-order valence-electron chi connectivity index (χ3n) is 7.08. The van der Waals surface area contributed by atoms with Gasteiger partial charge in [-0.25, -0.2) is 9.97 Å². The van der Waals surface area contributed by atoms with Crippen molar-refractivity contribution >= 4 is 23.2 Å². The van der Waals surface area contributed by atoms with Crippen LogP contribution in [0.4, 0.5) is 17.3 Å². The van der Waals surface area contributed by atoms with E-state index in [-0.39, 0.29) is 5.91 Å². The number of piperazine rings is 1.